The summed E-state index contributed by atoms with van der Waals surface area (Å²) < 4.78 is 0. The highest BCUT2D eigenvalue weighted by Gasteiger charge is 2.22. The predicted octanol–water partition coefficient (Wildman–Crippen LogP) is 2.53. The Hall–Kier alpha value is -0.900. The van der Waals surface area contributed by atoms with E-state index in [1.165, 1.54) is 11.3 Å². The normalized spacial score (nSPS) is 18.0. The van der Waals surface area contributed by atoms with Gasteiger partial charge in [-0.05, 0) is 33.1 Å². The summed E-state index contributed by atoms with van der Waals surface area (Å²) in [6.45, 7) is 6.33. The van der Waals surface area contributed by atoms with E-state index in [0.29, 0.717) is 31.5 Å². The molecule has 0 aromatic carbocycles. The number of carbonyl (C=O) groups excluding carboxylic acids is 1. The first-order valence-corrected chi connectivity index (χ1v) is 9.07. The molecule has 1 aliphatic heterocycles. The second-order valence-electron chi connectivity index (χ2n) is 5.90. The van der Waals surface area contributed by atoms with Crippen LogP contribution in [0.15, 0.2) is 11.2 Å². The average Bonchev–Trinajstić information content (AvgIpc) is 2.96. The van der Waals surface area contributed by atoms with Crippen LogP contribution < -0.4 is 10.6 Å². The van der Waals surface area contributed by atoms with E-state index in [1.807, 2.05) is 18.0 Å². The minimum Gasteiger partial charge on any atom is -0.356 e. The van der Waals surface area contributed by atoms with Crippen LogP contribution in [0.1, 0.15) is 42.5 Å². The number of nitrogens with one attached hydrogen (secondary N) is 2. The number of amides is 1. The molecule has 0 bridgehead atoms. The zero-order valence-corrected chi connectivity index (χ0v) is 17.8. The molecule has 8 heteroatoms. The van der Waals surface area contributed by atoms with Gasteiger partial charge < -0.3 is 15.5 Å². The molecule has 1 aliphatic rings. The third kappa shape index (κ3) is 6.54. The van der Waals surface area contributed by atoms with Crippen LogP contribution in [0.2, 0.25) is 0 Å². The molecule has 0 radical (unpaired) electrons. The minimum atomic E-state index is 0. The lowest BCUT2D eigenvalue weighted by atomic mass is 10.0. The fourth-order valence-corrected chi connectivity index (χ4v) is 3.49. The van der Waals surface area contributed by atoms with Crippen molar-refractivity contribution in [2.75, 3.05) is 20.1 Å². The van der Waals surface area contributed by atoms with Gasteiger partial charge in [-0.3, -0.25) is 9.79 Å². The van der Waals surface area contributed by atoms with Gasteiger partial charge in [-0.25, -0.2) is 4.98 Å². The Kier molecular flexibility index (Phi) is 9.57. The molecule has 1 amide bonds. The maximum Gasteiger partial charge on any atom is 0.224 e. The number of halogens is 1. The van der Waals surface area contributed by atoms with Gasteiger partial charge in [0.1, 0.15) is 5.01 Å². The molecule has 1 fully saturated rings. The van der Waals surface area contributed by atoms with Gasteiger partial charge in [-0.1, -0.05) is 0 Å². The number of guanidine groups is 1. The number of aliphatic imine (C=N–C) groups is 1. The molecule has 1 saturated heterocycles. The molecule has 24 heavy (non-hydrogen) atoms. The highest BCUT2D eigenvalue weighted by Crippen LogP contribution is 2.17. The lowest BCUT2D eigenvalue weighted by Gasteiger charge is -2.33. The van der Waals surface area contributed by atoms with Crippen molar-refractivity contribution in [1.82, 2.24) is 20.5 Å². The molecule has 0 aliphatic carbocycles. The zero-order valence-electron chi connectivity index (χ0n) is 14.7. The van der Waals surface area contributed by atoms with Crippen LogP contribution in [0.4, 0.5) is 0 Å². The molecule has 0 saturated carbocycles. The number of likely N-dealkylation sites (tertiary alicyclic amines) is 1. The molecule has 1 aromatic rings. The van der Waals surface area contributed by atoms with E-state index in [0.717, 1.165) is 24.4 Å². The number of rotatable bonds is 5. The molecule has 1 unspecified atom stereocenters. The Labute approximate surface area is 165 Å². The van der Waals surface area contributed by atoms with Gasteiger partial charge in [0, 0.05) is 43.7 Å². The van der Waals surface area contributed by atoms with Crippen molar-refractivity contribution in [2.45, 2.75) is 52.1 Å². The van der Waals surface area contributed by atoms with Crippen LogP contribution in [0.25, 0.3) is 0 Å². The summed E-state index contributed by atoms with van der Waals surface area (Å²) in [6, 6.07) is 0.377. The standard InChI is InChI=1S/C16H27N5OS.HI/c1-12-6-4-5-9-21(12)15(22)7-8-18-16(17-3)20-11-14-19-10-13(2)23-14;/h10,12H,4-9,11H2,1-3H3,(H2,17,18,20);1H. The van der Waals surface area contributed by atoms with Crippen molar-refractivity contribution < 1.29 is 4.79 Å². The number of aryl methyl sites for hydroxylation is 1. The van der Waals surface area contributed by atoms with Crippen molar-refractivity contribution >= 4 is 47.2 Å². The Morgan fingerprint density at radius 2 is 2.25 bits per heavy atom. The van der Waals surface area contributed by atoms with Crippen molar-refractivity contribution in [1.29, 1.82) is 0 Å². The monoisotopic (exact) mass is 465 g/mol. The number of thiazole rings is 1. The summed E-state index contributed by atoms with van der Waals surface area (Å²) in [5, 5.41) is 7.45. The number of carbonyl (C=O) groups is 1. The van der Waals surface area contributed by atoms with Gasteiger partial charge >= 0.3 is 0 Å². The third-order valence-corrected chi connectivity index (χ3v) is 4.97. The minimum absolute atomic E-state index is 0. The summed E-state index contributed by atoms with van der Waals surface area (Å²) in [5.74, 6) is 0.938. The van der Waals surface area contributed by atoms with E-state index in [-0.39, 0.29) is 29.9 Å². The Balaban J connectivity index is 0.00000288. The van der Waals surface area contributed by atoms with Crippen molar-refractivity contribution in [2.24, 2.45) is 4.99 Å². The van der Waals surface area contributed by atoms with E-state index in [2.05, 4.69) is 27.5 Å². The number of hydrogen-bond donors (Lipinski definition) is 2. The smallest absolute Gasteiger partial charge is 0.224 e. The predicted molar refractivity (Wildman–Crippen MR) is 110 cm³/mol. The quantitative estimate of drug-likeness (QED) is 0.399. The molecule has 136 valence electrons. The van der Waals surface area contributed by atoms with Gasteiger partial charge in [-0.2, -0.15) is 0 Å². The number of hydrogen-bond acceptors (Lipinski definition) is 4. The van der Waals surface area contributed by atoms with Crippen molar-refractivity contribution in [3.63, 3.8) is 0 Å². The Bertz CT molecular complexity index is 548. The van der Waals surface area contributed by atoms with Crippen LogP contribution in [0.5, 0.6) is 0 Å². The van der Waals surface area contributed by atoms with Crippen LogP contribution in [0, 0.1) is 6.92 Å². The van der Waals surface area contributed by atoms with E-state index < -0.39 is 0 Å². The summed E-state index contributed by atoms with van der Waals surface area (Å²) in [5.41, 5.74) is 0. The fourth-order valence-electron chi connectivity index (χ4n) is 2.76. The van der Waals surface area contributed by atoms with Gasteiger partial charge in [0.05, 0.1) is 6.54 Å². The summed E-state index contributed by atoms with van der Waals surface area (Å²) >= 11 is 1.67. The third-order valence-electron chi connectivity index (χ3n) is 4.05. The first-order chi connectivity index (χ1) is 11.1. The number of piperidine rings is 1. The van der Waals surface area contributed by atoms with Gasteiger partial charge in [0.2, 0.25) is 5.91 Å². The number of nitrogens with zero attached hydrogens (tertiary/aromatic N) is 3. The first kappa shape index (κ1) is 21.1. The molecule has 1 aromatic heterocycles. The maximum absolute atomic E-state index is 12.3. The summed E-state index contributed by atoms with van der Waals surface area (Å²) in [7, 11) is 1.73. The van der Waals surface area contributed by atoms with E-state index in [9.17, 15) is 4.79 Å². The van der Waals surface area contributed by atoms with Crippen molar-refractivity contribution in [3.8, 4) is 0 Å². The zero-order chi connectivity index (χ0) is 16.7. The molecular formula is C16H28IN5OS. The SMILES string of the molecule is CN=C(NCCC(=O)N1CCCCC1C)NCc1ncc(C)s1.I. The van der Waals surface area contributed by atoms with Gasteiger partial charge in [-0.15, -0.1) is 35.3 Å². The maximum atomic E-state index is 12.3. The van der Waals surface area contributed by atoms with Crippen LogP contribution >= 0.6 is 35.3 Å². The van der Waals surface area contributed by atoms with E-state index >= 15 is 0 Å². The molecule has 2 N–H and O–H groups in total. The average molecular weight is 465 g/mol. The van der Waals surface area contributed by atoms with E-state index in [4.69, 9.17) is 0 Å². The highest BCUT2D eigenvalue weighted by molar-refractivity contribution is 14.0. The summed E-state index contributed by atoms with van der Waals surface area (Å²) in [6.07, 6.45) is 5.85. The second kappa shape index (κ2) is 10.9. The molecule has 2 rings (SSSR count). The number of aromatic nitrogens is 1. The first-order valence-electron chi connectivity index (χ1n) is 8.25. The van der Waals surface area contributed by atoms with Crippen LogP contribution in [-0.4, -0.2) is 47.9 Å². The molecular weight excluding hydrogens is 437 g/mol. The topological polar surface area (TPSA) is 69.6 Å². The van der Waals surface area contributed by atoms with Crippen LogP contribution in [-0.2, 0) is 11.3 Å². The van der Waals surface area contributed by atoms with Gasteiger partial charge in [0.25, 0.3) is 0 Å². The Morgan fingerprint density at radius 3 is 2.88 bits per heavy atom. The highest BCUT2D eigenvalue weighted by atomic mass is 127. The molecule has 6 nitrogen and oxygen atoms in total. The fraction of sp³-hybridized carbons (Fsp3) is 0.688. The molecule has 1 atom stereocenters. The van der Waals surface area contributed by atoms with Crippen LogP contribution in [0.3, 0.4) is 0 Å². The van der Waals surface area contributed by atoms with Crippen molar-refractivity contribution in [3.05, 3.63) is 16.1 Å². The largest absolute Gasteiger partial charge is 0.356 e. The molecule has 2 heterocycles. The Morgan fingerprint density at radius 1 is 1.46 bits per heavy atom. The molecule has 0 spiro atoms. The second-order valence-corrected chi connectivity index (χ2v) is 7.22. The lowest BCUT2D eigenvalue weighted by Crippen LogP contribution is -2.44. The lowest BCUT2D eigenvalue weighted by molar-refractivity contribution is -0.134. The van der Waals surface area contributed by atoms with Gasteiger partial charge in [0.15, 0.2) is 5.96 Å². The van der Waals surface area contributed by atoms with E-state index in [1.54, 1.807) is 18.4 Å². The summed E-state index contributed by atoms with van der Waals surface area (Å²) in [4.78, 5) is 24.0.